The molecule has 0 unspecified atom stereocenters. The van der Waals surface area contributed by atoms with Crippen LogP contribution in [0.1, 0.15) is 37.1 Å². The SMILES string of the molecule is C[C@H](NC(=O)C[C@@H]1C[C@@H]1c1nc2ccccc2[nH]1)C(=O)Nc1ccc(C#N)cc1. The summed E-state index contributed by atoms with van der Waals surface area (Å²) in [7, 11) is 0. The van der Waals surface area contributed by atoms with E-state index in [2.05, 4.69) is 20.6 Å². The number of aromatic amines is 1. The van der Waals surface area contributed by atoms with Crippen molar-refractivity contribution in [3.05, 3.63) is 59.9 Å². The molecular weight excluding hydrogens is 366 g/mol. The molecule has 0 radical (unpaired) electrons. The molecule has 0 aliphatic heterocycles. The smallest absolute Gasteiger partial charge is 0.246 e. The molecule has 1 aromatic heterocycles. The second kappa shape index (κ2) is 7.76. The minimum Gasteiger partial charge on any atom is -0.345 e. The number of hydrogen-bond acceptors (Lipinski definition) is 4. The Morgan fingerprint density at radius 3 is 2.72 bits per heavy atom. The van der Waals surface area contributed by atoms with Gasteiger partial charge in [0, 0.05) is 18.0 Å². The van der Waals surface area contributed by atoms with Gasteiger partial charge in [-0.05, 0) is 55.7 Å². The van der Waals surface area contributed by atoms with E-state index in [1.54, 1.807) is 31.2 Å². The van der Waals surface area contributed by atoms with Crippen LogP contribution in [0.2, 0.25) is 0 Å². The van der Waals surface area contributed by atoms with Crippen molar-refractivity contribution in [2.24, 2.45) is 5.92 Å². The molecule has 29 heavy (non-hydrogen) atoms. The molecule has 7 nitrogen and oxygen atoms in total. The van der Waals surface area contributed by atoms with E-state index < -0.39 is 6.04 Å². The molecule has 3 atom stereocenters. The van der Waals surface area contributed by atoms with Crippen molar-refractivity contribution in [2.75, 3.05) is 5.32 Å². The summed E-state index contributed by atoms with van der Waals surface area (Å²) < 4.78 is 0. The summed E-state index contributed by atoms with van der Waals surface area (Å²) in [6, 6.07) is 15.8. The molecule has 0 bridgehead atoms. The quantitative estimate of drug-likeness (QED) is 0.603. The lowest BCUT2D eigenvalue weighted by molar-refractivity contribution is -0.126. The summed E-state index contributed by atoms with van der Waals surface area (Å²) in [4.78, 5) is 32.6. The molecule has 0 spiro atoms. The number of benzene rings is 2. The fourth-order valence-electron chi connectivity index (χ4n) is 3.44. The number of nitrogens with one attached hydrogen (secondary N) is 3. The number of nitrogens with zero attached hydrogens (tertiary/aromatic N) is 2. The summed E-state index contributed by atoms with van der Waals surface area (Å²) >= 11 is 0. The van der Waals surface area contributed by atoms with Gasteiger partial charge in [-0.2, -0.15) is 5.26 Å². The molecule has 146 valence electrons. The Hall–Kier alpha value is -3.66. The van der Waals surface area contributed by atoms with E-state index in [9.17, 15) is 9.59 Å². The van der Waals surface area contributed by atoms with Crippen LogP contribution in [0.5, 0.6) is 0 Å². The molecule has 1 saturated carbocycles. The Labute approximate surface area is 168 Å². The van der Waals surface area contributed by atoms with Crippen LogP contribution in [-0.2, 0) is 9.59 Å². The van der Waals surface area contributed by atoms with E-state index in [0.29, 0.717) is 17.7 Å². The highest BCUT2D eigenvalue weighted by Gasteiger charge is 2.42. The van der Waals surface area contributed by atoms with Gasteiger partial charge in [0.05, 0.1) is 22.7 Å². The Balaban J connectivity index is 1.27. The van der Waals surface area contributed by atoms with Crippen molar-refractivity contribution in [1.82, 2.24) is 15.3 Å². The predicted molar refractivity (Wildman–Crippen MR) is 109 cm³/mol. The molecule has 7 heteroatoms. The standard InChI is InChI=1S/C22H21N5O2/c1-13(22(29)25-16-8-6-14(12-23)7-9-16)24-20(28)11-15-10-17(15)21-26-18-4-2-3-5-19(18)27-21/h2-9,13,15,17H,10-11H2,1H3,(H,24,28)(H,25,29)(H,26,27)/t13-,15-,17-/m0/s1. The van der Waals surface area contributed by atoms with E-state index >= 15 is 0 Å². The predicted octanol–water partition coefficient (Wildman–Crippen LogP) is 3.07. The van der Waals surface area contributed by atoms with Gasteiger partial charge in [-0.1, -0.05) is 12.1 Å². The lowest BCUT2D eigenvalue weighted by atomic mass is 10.2. The first-order valence-corrected chi connectivity index (χ1v) is 9.58. The molecule has 1 aliphatic rings. The van der Waals surface area contributed by atoms with Gasteiger partial charge in [-0.25, -0.2) is 4.98 Å². The lowest BCUT2D eigenvalue weighted by Crippen LogP contribution is -2.41. The van der Waals surface area contributed by atoms with Crippen LogP contribution in [0.4, 0.5) is 5.69 Å². The van der Waals surface area contributed by atoms with Crippen molar-refractivity contribution in [3.8, 4) is 6.07 Å². The van der Waals surface area contributed by atoms with Crippen LogP contribution in [-0.4, -0.2) is 27.8 Å². The van der Waals surface area contributed by atoms with Crippen molar-refractivity contribution in [2.45, 2.75) is 31.7 Å². The second-order valence-corrected chi connectivity index (χ2v) is 7.41. The Morgan fingerprint density at radius 1 is 1.24 bits per heavy atom. The maximum absolute atomic E-state index is 12.3. The number of anilines is 1. The number of carbonyl (C=O) groups is 2. The van der Waals surface area contributed by atoms with E-state index in [4.69, 9.17) is 5.26 Å². The Bertz CT molecular complexity index is 1060. The van der Waals surface area contributed by atoms with Crippen LogP contribution < -0.4 is 10.6 Å². The van der Waals surface area contributed by atoms with Gasteiger partial charge in [0.25, 0.3) is 0 Å². The Morgan fingerprint density at radius 2 is 2.00 bits per heavy atom. The molecule has 0 saturated heterocycles. The lowest BCUT2D eigenvalue weighted by Gasteiger charge is -2.14. The molecule has 3 N–H and O–H groups in total. The minimum atomic E-state index is -0.651. The number of H-pyrrole nitrogens is 1. The number of amides is 2. The van der Waals surface area contributed by atoms with Gasteiger partial charge in [-0.15, -0.1) is 0 Å². The van der Waals surface area contributed by atoms with Gasteiger partial charge in [0.1, 0.15) is 11.9 Å². The Kier molecular flexibility index (Phi) is 5.00. The summed E-state index contributed by atoms with van der Waals surface area (Å²) in [6.45, 7) is 1.65. The highest BCUT2D eigenvalue weighted by molar-refractivity contribution is 5.97. The van der Waals surface area contributed by atoms with Gasteiger partial charge in [-0.3, -0.25) is 9.59 Å². The van der Waals surface area contributed by atoms with Gasteiger partial charge in [0.2, 0.25) is 11.8 Å². The highest BCUT2D eigenvalue weighted by atomic mass is 16.2. The first kappa shape index (κ1) is 18.7. The zero-order valence-corrected chi connectivity index (χ0v) is 16.0. The first-order valence-electron chi connectivity index (χ1n) is 9.58. The van der Waals surface area contributed by atoms with Crippen LogP contribution in [0, 0.1) is 17.2 Å². The van der Waals surface area contributed by atoms with Crippen molar-refractivity contribution in [1.29, 1.82) is 5.26 Å². The molecule has 1 heterocycles. The number of rotatable bonds is 6. The average Bonchev–Trinajstić information content (AvgIpc) is 3.34. The number of fused-ring (bicyclic) bond motifs is 1. The first-order chi connectivity index (χ1) is 14.0. The van der Waals surface area contributed by atoms with Crippen LogP contribution in [0.3, 0.4) is 0 Å². The number of nitriles is 1. The number of hydrogen-bond donors (Lipinski definition) is 3. The maximum atomic E-state index is 12.3. The number of para-hydroxylation sites is 2. The van der Waals surface area contributed by atoms with E-state index in [1.165, 1.54) is 0 Å². The number of imidazole rings is 1. The monoisotopic (exact) mass is 387 g/mol. The zero-order chi connectivity index (χ0) is 20.4. The van der Waals surface area contributed by atoms with Crippen molar-refractivity contribution >= 4 is 28.5 Å². The molecule has 1 fully saturated rings. The third kappa shape index (κ3) is 4.27. The molecule has 3 aromatic rings. The van der Waals surface area contributed by atoms with Gasteiger partial charge < -0.3 is 15.6 Å². The van der Waals surface area contributed by atoms with Crippen LogP contribution >= 0.6 is 0 Å². The highest BCUT2D eigenvalue weighted by Crippen LogP contribution is 2.48. The summed E-state index contributed by atoms with van der Waals surface area (Å²) in [5.41, 5.74) is 3.05. The molecule has 2 aromatic carbocycles. The normalized spacial score (nSPS) is 18.6. The van der Waals surface area contributed by atoms with E-state index in [1.807, 2.05) is 30.3 Å². The van der Waals surface area contributed by atoms with Crippen LogP contribution in [0.15, 0.2) is 48.5 Å². The fourth-order valence-corrected chi connectivity index (χ4v) is 3.44. The largest absolute Gasteiger partial charge is 0.345 e. The third-order valence-corrected chi connectivity index (χ3v) is 5.18. The fraction of sp³-hybridized carbons (Fsp3) is 0.273. The summed E-state index contributed by atoms with van der Waals surface area (Å²) in [5, 5.41) is 14.3. The third-order valence-electron chi connectivity index (χ3n) is 5.18. The topological polar surface area (TPSA) is 111 Å². The number of aromatic nitrogens is 2. The second-order valence-electron chi connectivity index (χ2n) is 7.41. The maximum Gasteiger partial charge on any atom is 0.246 e. The van der Waals surface area contributed by atoms with E-state index in [0.717, 1.165) is 23.3 Å². The van der Waals surface area contributed by atoms with Gasteiger partial charge >= 0.3 is 0 Å². The summed E-state index contributed by atoms with van der Waals surface area (Å²) in [6.07, 6.45) is 1.29. The van der Waals surface area contributed by atoms with Crippen LogP contribution in [0.25, 0.3) is 11.0 Å². The molecular formula is C22H21N5O2. The van der Waals surface area contributed by atoms with Gasteiger partial charge in [0.15, 0.2) is 0 Å². The number of carbonyl (C=O) groups excluding carboxylic acids is 2. The molecule has 1 aliphatic carbocycles. The van der Waals surface area contributed by atoms with Crippen molar-refractivity contribution in [3.63, 3.8) is 0 Å². The average molecular weight is 387 g/mol. The minimum absolute atomic E-state index is 0.143. The zero-order valence-electron chi connectivity index (χ0n) is 16.0. The molecule has 4 rings (SSSR count). The van der Waals surface area contributed by atoms with E-state index in [-0.39, 0.29) is 23.7 Å². The molecule has 2 amide bonds. The van der Waals surface area contributed by atoms with Crippen molar-refractivity contribution < 1.29 is 9.59 Å². The summed E-state index contributed by atoms with van der Waals surface area (Å²) in [5.74, 6) is 0.986.